The van der Waals surface area contributed by atoms with Gasteiger partial charge in [0.05, 0.1) is 17.7 Å². The highest BCUT2D eigenvalue weighted by Crippen LogP contribution is 2.33. The Bertz CT molecular complexity index is 385. The van der Waals surface area contributed by atoms with Crippen LogP contribution in [0.1, 0.15) is 33.6 Å². The van der Waals surface area contributed by atoms with E-state index in [4.69, 9.17) is 4.74 Å². The molecule has 0 aromatic heterocycles. The van der Waals surface area contributed by atoms with Crippen LogP contribution in [0.5, 0.6) is 0 Å². The summed E-state index contributed by atoms with van der Waals surface area (Å²) in [5.41, 5.74) is 0. The van der Waals surface area contributed by atoms with Crippen LogP contribution < -0.4 is 5.32 Å². The van der Waals surface area contributed by atoms with Gasteiger partial charge >= 0.3 is 5.97 Å². The van der Waals surface area contributed by atoms with Gasteiger partial charge in [0.25, 0.3) is 0 Å². The van der Waals surface area contributed by atoms with Crippen LogP contribution in [0.3, 0.4) is 0 Å². The standard InChI is InChI=1S/C14H24N2O4S/c1-4-10(5-2)14-16(12(18)9-21-14)8-11(17)15-7-13(19)20-6-3/h10,14H,4-9H2,1-3H3,(H,15,17). The van der Waals surface area contributed by atoms with Crippen LogP contribution in [-0.4, -0.2) is 53.5 Å². The van der Waals surface area contributed by atoms with Crippen molar-refractivity contribution in [1.82, 2.24) is 10.2 Å². The van der Waals surface area contributed by atoms with E-state index >= 15 is 0 Å². The molecule has 0 saturated carbocycles. The van der Waals surface area contributed by atoms with Gasteiger partial charge in [-0.2, -0.15) is 0 Å². The van der Waals surface area contributed by atoms with Crippen molar-refractivity contribution in [2.45, 2.75) is 39.0 Å². The van der Waals surface area contributed by atoms with Crippen LogP contribution in [-0.2, 0) is 19.1 Å². The summed E-state index contributed by atoms with van der Waals surface area (Å²) in [5.74, 6) is 0.00800. The molecule has 1 aliphatic rings. The summed E-state index contributed by atoms with van der Waals surface area (Å²) in [4.78, 5) is 36.6. The average molecular weight is 316 g/mol. The van der Waals surface area contributed by atoms with Gasteiger partial charge in [0.2, 0.25) is 11.8 Å². The summed E-state index contributed by atoms with van der Waals surface area (Å²) in [7, 11) is 0. The van der Waals surface area contributed by atoms with Crippen LogP contribution in [0.25, 0.3) is 0 Å². The molecule has 0 aromatic rings. The van der Waals surface area contributed by atoms with Crippen molar-refractivity contribution in [2.24, 2.45) is 5.92 Å². The first kappa shape index (κ1) is 17.8. The number of rotatable bonds is 8. The first-order valence-electron chi connectivity index (χ1n) is 7.36. The van der Waals surface area contributed by atoms with Gasteiger partial charge in [0.1, 0.15) is 13.1 Å². The molecule has 0 radical (unpaired) electrons. The molecule has 1 atom stereocenters. The SMILES string of the molecule is CCOC(=O)CNC(=O)CN1C(=O)CSC1C(CC)CC. The molecule has 0 spiro atoms. The lowest BCUT2D eigenvalue weighted by molar-refractivity contribution is -0.143. The highest BCUT2D eigenvalue weighted by atomic mass is 32.2. The summed E-state index contributed by atoms with van der Waals surface area (Å²) < 4.78 is 4.74. The third-order valence-electron chi connectivity index (χ3n) is 3.51. The Morgan fingerprint density at radius 1 is 1.38 bits per heavy atom. The number of amides is 2. The Hall–Kier alpha value is -1.24. The van der Waals surface area contributed by atoms with E-state index in [0.29, 0.717) is 11.7 Å². The van der Waals surface area contributed by atoms with Gasteiger partial charge in [-0.15, -0.1) is 11.8 Å². The maximum Gasteiger partial charge on any atom is 0.325 e. The average Bonchev–Trinajstić information content (AvgIpc) is 2.80. The minimum absolute atomic E-state index is 0.00635. The van der Waals surface area contributed by atoms with E-state index in [9.17, 15) is 14.4 Å². The van der Waals surface area contributed by atoms with Gasteiger partial charge in [-0.1, -0.05) is 26.7 Å². The summed E-state index contributed by atoms with van der Waals surface area (Å²) in [6.45, 7) is 6.03. The smallest absolute Gasteiger partial charge is 0.325 e. The first-order chi connectivity index (χ1) is 10.0. The molecule has 0 aromatic carbocycles. The van der Waals surface area contributed by atoms with Crippen molar-refractivity contribution in [3.05, 3.63) is 0 Å². The molecule has 21 heavy (non-hydrogen) atoms. The zero-order chi connectivity index (χ0) is 15.8. The Morgan fingerprint density at radius 2 is 2.05 bits per heavy atom. The monoisotopic (exact) mass is 316 g/mol. The number of hydrogen-bond acceptors (Lipinski definition) is 5. The third-order valence-corrected chi connectivity index (χ3v) is 4.90. The Kier molecular flexibility index (Phi) is 7.56. The number of nitrogens with zero attached hydrogens (tertiary/aromatic N) is 1. The Balaban J connectivity index is 2.51. The number of esters is 1. The zero-order valence-electron chi connectivity index (χ0n) is 12.9. The number of thioether (sulfide) groups is 1. The molecule has 1 N–H and O–H groups in total. The number of hydrogen-bond donors (Lipinski definition) is 1. The normalized spacial score (nSPS) is 18.2. The second-order valence-electron chi connectivity index (χ2n) is 4.88. The molecule has 1 heterocycles. The molecule has 6 nitrogen and oxygen atoms in total. The molecule has 0 aliphatic carbocycles. The fourth-order valence-electron chi connectivity index (χ4n) is 2.33. The number of nitrogens with one attached hydrogen (secondary N) is 1. The fraction of sp³-hybridized carbons (Fsp3) is 0.786. The van der Waals surface area contributed by atoms with Crippen LogP contribution in [0.15, 0.2) is 0 Å². The summed E-state index contributed by atoms with van der Waals surface area (Å²) in [6, 6.07) is 0. The minimum atomic E-state index is -0.468. The van der Waals surface area contributed by atoms with E-state index in [-0.39, 0.29) is 36.9 Å². The summed E-state index contributed by atoms with van der Waals surface area (Å²) in [6.07, 6.45) is 1.95. The van der Waals surface area contributed by atoms with Crippen molar-refractivity contribution in [2.75, 3.05) is 25.4 Å². The van der Waals surface area contributed by atoms with E-state index in [1.807, 2.05) is 0 Å². The van der Waals surface area contributed by atoms with E-state index in [1.54, 1.807) is 23.6 Å². The highest BCUT2D eigenvalue weighted by Gasteiger charge is 2.36. The molecule has 1 aliphatic heterocycles. The molecule has 0 bridgehead atoms. The van der Waals surface area contributed by atoms with Gasteiger partial charge < -0.3 is 15.0 Å². The molecule has 1 unspecified atom stereocenters. The van der Waals surface area contributed by atoms with Crippen LogP contribution in [0.4, 0.5) is 0 Å². The molecular weight excluding hydrogens is 292 g/mol. The van der Waals surface area contributed by atoms with Gasteiger partial charge in [0.15, 0.2) is 0 Å². The maximum atomic E-state index is 11.9. The number of carbonyl (C=O) groups excluding carboxylic acids is 3. The lowest BCUT2D eigenvalue weighted by Crippen LogP contribution is -2.45. The van der Waals surface area contributed by atoms with Gasteiger partial charge in [-0.3, -0.25) is 14.4 Å². The van der Waals surface area contributed by atoms with Crippen LogP contribution in [0.2, 0.25) is 0 Å². The molecule has 120 valence electrons. The maximum absolute atomic E-state index is 11.9. The van der Waals surface area contributed by atoms with Crippen LogP contribution in [0, 0.1) is 5.92 Å². The number of ether oxygens (including phenoxy) is 1. The predicted molar refractivity (Wildman–Crippen MR) is 81.7 cm³/mol. The Morgan fingerprint density at radius 3 is 2.62 bits per heavy atom. The highest BCUT2D eigenvalue weighted by molar-refractivity contribution is 8.01. The lowest BCUT2D eigenvalue weighted by atomic mass is 10.0. The largest absolute Gasteiger partial charge is 0.465 e. The number of carbonyl (C=O) groups is 3. The summed E-state index contributed by atoms with van der Waals surface area (Å²) in [5, 5.41) is 2.55. The molecule has 7 heteroatoms. The minimum Gasteiger partial charge on any atom is -0.465 e. The summed E-state index contributed by atoms with van der Waals surface area (Å²) >= 11 is 1.60. The van der Waals surface area contributed by atoms with Crippen molar-refractivity contribution in [3.8, 4) is 0 Å². The molecule has 1 saturated heterocycles. The van der Waals surface area contributed by atoms with Crippen molar-refractivity contribution < 1.29 is 19.1 Å². The van der Waals surface area contributed by atoms with Gasteiger partial charge in [0, 0.05) is 0 Å². The quantitative estimate of drug-likeness (QED) is 0.676. The molecule has 2 amide bonds. The third kappa shape index (κ3) is 5.22. The van der Waals surface area contributed by atoms with Crippen molar-refractivity contribution in [1.29, 1.82) is 0 Å². The van der Waals surface area contributed by atoms with E-state index in [1.165, 1.54) is 0 Å². The van der Waals surface area contributed by atoms with E-state index < -0.39 is 5.97 Å². The predicted octanol–water partition coefficient (Wildman–Crippen LogP) is 1.00. The second kappa shape index (κ2) is 8.92. The Labute approximate surface area is 130 Å². The lowest BCUT2D eigenvalue weighted by Gasteiger charge is -2.29. The van der Waals surface area contributed by atoms with E-state index in [2.05, 4.69) is 19.2 Å². The van der Waals surface area contributed by atoms with Crippen molar-refractivity contribution in [3.63, 3.8) is 0 Å². The molecule has 1 rings (SSSR count). The zero-order valence-corrected chi connectivity index (χ0v) is 13.7. The molecular formula is C14H24N2O4S. The van der Waals surface area contributed by atoms with Crippen molar-refractivity contribution >= 4 is 29.5 Å². The topological polar surface area (TPSA) is 75.7 Å². The van der Waals surface area contributed by atoms with E-state index in [0.717, 1.165) is 12.8 Å². The fourth-order valence-corrected chi connectivity index (χ4v) is 3.83. The van der Waals surface area contributed by atoms with Crippen LogP contribution >= 0.6 is 11.8 Å². The van der Waals surface area contributed by atoms with Gasteiger partial charge in [-0.25, -0.2) is 0 Å². The second-order valence-corrected chi connectivity index (χ2v) is 5.99. The molecule has 1 fully saturated rings. The first-order valence-corrected chi connectivity index (χ1v) is 8.41. The van der Waals surface area contributed by atoms with Gasteiger partial charge in [-0.05, 0) is 12.8 Å².